The van der Waals surface area contributed by atoms with E-state index in [1.54, 1.807) is 71.0 Å². The van der Waals surface area contributed by atoms with Gasteiger partial charge in [0, 0.05) is 40.0 Å². The lowest BCUT2D eigenvalue weighted by Crippen LogP contribution is -2.47. The zero-order valence-corrected chi connectivity index (χ0v) is 31.9. The second kappa shape index (κ2) is 18.2. The highest BCUT2D eigenvalue weighted by atomic mass is 16.6. The van der Waals surface area contributed by atoms with E-state index in [0.717, 1.165) is 12.8 Å². The minimum Gasteiger partial charge on any atom is -0.496 e. The van der Waals surface area contributed by atoms with E-state index in [4.69, 9.17) is 30.1 Å². The lowest BCUT2D eigenvalue weighted by atomic mass is 9.94. The molecule has 6 N–H and O–H groups in total. The second-order valence-corrected chi connectivity index (χ2v) is 14.2. The number of alkyl carbamates (subject to hydrolysis) is 1. The Kier molecular flexibility index (Phi) is 13.7. The molecule has 0 unspecified atom stereocenters. The van der Waals surface area contributed by atoms with Crippen LogP contribution in [0.4, 0.5) is 10.5 Å². The van der Waals surface area contributed by atoms with Gasteiger partial charge in [0.2, 0.25) is 0 Å². The number of rotatable bonds is 16. The lowest BCUT2D eigenvalue weighted by Gasteiger charge is -2.24. The van der Waals surface area contributed by atoms with Crippen LogP contribution in [0.3, 0.4) is 0 Å². The summed E-state index contributed by atoms with van der Waals surface area (Å²) in [6, 6.07) is 11.4. The fraction of sp³-hybridized carbons (Fsp3) is 0.375. The number of hydrogen-bond acceptors (Lipinski definition) is 11. The smallest absolute Gasteiger partial charge is 0.408 e. The Balaban J connectivity index is 1.63. The van der Waals surface area contributed by atoms with Crippen LogP contribution in [0.25, 0.3) is 17.2 Å². The second-order valence-electron chi connectivity index (χ2n) is 14.2. The Morgan fingerprint density at radius 1 is 0.982 bits per heavy atom. The molecule has 1 heterocycles. The quantitative estimate of drug-likeness (QED) is 0.0414. The van der Waals surface area contributed by atoms with Crippen LogP contribution in [-0.4, -0.2) is 79.2 Å². The van der Waals surface area contributed by atoms with Gasteiger partial charge in [-0.05, 0) is 94.0 Å². The van der Waals surface area contributed by atoms with Crippen molar-refractivity contribution >= 4 is 47.4 Å². The number of nitrogens with zero attached hydrogens (tertiary/aromatic N) is 1. The van der Waals surface area contributed by atoms with Crippen LogP contribution < -0.4 is 26.4 Å². The number of benzene rings is 2. The van der Waals surface area contributed by atoms with E-state index < -0.39 is 48.1 Å². The third-order valence-electron chi connectivity index (χ3n) is 8.30. The van der Waals surface area contributed by atoms with Gasteiger partial charge in [-0.2, -0.15) is 0 Å². The molecule has 1 fully saturated rings. The molecule has 15 nitrogen and oxygen atoms in total. The number of amides is 3. The Hall–Kier alpha value is -6.25. The van der Waals surface area contributed by atoms with Crippen molar-refractivity contribution in [3.05, 3.63) is 83.2 Å². The largest absolute Gasteiger partial charge is 0.496 e. The average Bonchev–Trinajstić information content (AvgIpc) is 3.97. The summed E-state index contributed by atoms with van der Waals surface area (Å²) >= 11 is 0. The molecule has 3 amide bonds. The number of nitrogens with two attached hydrogens (primary N) is 1. The van der Waals surface area contributed by atoms with Crippen LogP contribution in [-0.2, 0) is 19.0 Å². The molecular weight excluding hydrogens is 708 g/mol. The standard InChI is InChI=1S/C40H48N6O9/c1-8-24-19-29(35(47)44-26-13-11-25(12-14-26)34(41)42)28(20-31(24)52-7)27-15-16-30(36(48)43-21-23-9-10-23)45-33(27)38(50)54-18-17-53-37(49)32(22(2)3)46-39(51)55-40(4,5)6/h8,11-16,19-20,22-23,32H,1,9-10,17-18,21H2,2-7H3,(H3,41,42)(H,43,48)(H,44,47)(H,46,51)/t32-/m0/s1. The average molecular weight is 757 g/mol. The highest BCUT2D eigenvalue weighted by molar-refractivity contribution is 6.11. The molecule has 15 heteroatoms. The number of esters is 2. The van der Waals surface area contributed by atoms with Gasteiger partial charge in [0.1, 0.15) is 42.1 Å². The lowest BCUT2D eigenvalue weighted by molar-refractivity contribution is -0.148. The number of ether oxygens (including phenoxy) is 4. The Bertz CT molecular complexity index is 1950. The monoisotopic (exact) mass is 756 g/mol. The van der Waals surface area contributed by atoms with Crippen molar-refractivity contribution in [2.45, 2.75) is 59.1 Å². The first kappa shape index (κ1) is 41.5. The van der Waals surface area contributed by atoms with Gasteiger partial charge < -0.3 is 40.6 Å². The summed E-state index contributed by atoms with van der Waals surface area (Å²) in [5.41, 5.74) is 6.30. The molecule has 0 radical (unpaired) electrons. The van der Waals surface area contributed by atoms with Crippen molar-refractivity contribution in [2.75, 3.05) is 32.2 Å². The fourth-order valence-corrected chi connectivity index (χ4v) is 5.25. The first-order chi connectivity index (χ1) is 26.0. The maximum atomic E-state index is 13.9. The van der Waals surface area contributed by atoms with Crippen molar-refractivity contribution in [3.63, 3.8) is 0 Å². The first-order valence-electron chi connectivity index (χ1n) is 17.7. The molecule has 292 valence electrons. The van der Waals surface area contributed by atoms with Crippen molar-refractivity contribution in [2.24, 2.45) is 17.6 Å². The molecule has 4 rings (SSSR count). The van der Waals surface area contributed by atoms with Gasteiger partial charge in [0.05, 0.1) is 7.11 Å². The van der Waals surface area contributed by atoms with E-state index in [2.05, 4.69) is 27.5 Å². The molecule has 1 atom stereocenters. The number of carbonyl (C=O) groups excluding carboxylic acids is 5. The Morgan fingerprint density at radius 2 is 1.65 bits per heavy atom. The van der Waals surface area contributed by atoms with Gasteiger partial charge in [0.25, 0.3) is 11.8 Å². The minimum atomic E-state index is -1.03. The predicted octanol–water partition coefficient (Wildman–Crippen LogP) is 5.33. The fourth-order valence-electron chi connectivity index (χ4n) is 5.25. The molecular formula is C40H48N6O9. The molecule has 1 aromatic heterocycles. The van der Waals surface area contributed by atoms with Crippen molar-refractivity contribution < 1.29 is 42.9 Å². The molecule has 1 aliphatic carbocycles. The van der Waals surface area contributed by atoms with E-state index in [1.165, 1.54) is 25.3 Å². The molecule has 1 aliphatic rings. The van der Waals surface area contributed by atoms with E-state index >= 15 is 0 Å². The molecule has 0 aliphatic heterocycles. The minimum absolute atomic E-state index is 0.0537. The molecule has 0 bridgehead atoms. The third-order valence-corrected chi connectivity index (χ3v) is 8.30. The normalized spacial score (nSPS) is 12.9. The topological polar surface area (TPSA) is 221 Å². The van der Waals surface area contributed by atoms with Crippen molar-refractivity contribution in [1.29, 1.82) is 5.41 Å². The zero-order chi connectivity index (χ0) is 40.4. The first-order valence-corrected chi connectivity index (χ1v) is 17.7. The highest BCUT2D eigenvalue weighted by Gasteiger charge is 2.29. The van der Waals surface area contributed by atoms with Crippen LogP contribution in [0.1, 0.15) is 89.9 Å². The molecule has 0 saturated heterocycles. The molecule has 0 spiro atoms. The van der Waals surface area contributed by atoms with Gasteiger partial charge in [-0.15, -0.1) is 0 Å². The summed E-state index contributed by atoms with van der Waals surface area (Å²) in [6.07, 6.45) is 2.75. The maximum Gasteiger partial charge on any atom is 0.408 e. The molecule has 55 heavy (non-hydrogen) atoms. The van der Waals surface area contributed by atoms with Crippen LogP contribution in [0.15, 0.2) is 55.1 Å². The number of aromatic nitrogens is 1. The van der Waals surface area contributed by atoms with E-state index in [-0.39, 0.29) is 46.4 Å². The number of pyridine rings is 1. The summed E-state index contributed by atoms with van der Waals surface area (Å²) in [6.45, 7) is 12.1. The molecule has 3 aromatic rings. The Labute approximate surface area is 319 Å². The summed E-state index contributed by atoms with van der Waals surface area (Å²) < 4.78 is 21.7. The summed E-state index contributed by atoms with van der Waals surface area (Å²) in [4.78, 5) is 70.4. The van der Waals surface area contributed by atoms with Gasteiger partial charge in [-0.25, -0.2) is 19.4 Å². The highest BCUT2D eigenvalue weighted by Crippen LogP contribution is 2.35. The number of nitrogens with one attached hydrogen (secondary N) is 4. The predicted molar refractivity (Wildman–Crippen MR) is 206 cm³/mol. The number of methoxy groups -OCH3 is 1. The van der Waals surface area contributed by atoms with E-state index in [9.17, 15) is 24.0 Å². The molecule has 1 saturated carbocycles. The maximum absolute atomic E-state index is 13.9. The number of anilines is 1. The van der Waals surface area contributed by atoms with E-state index in [0.29, 0.717) is 35.0 Å². The van der Waals surface area contributed by atoms with Crippen molar-refractivity contribution in [3.8, 4) is 16.9 Å². The van der Waals surface area contributed by atoms with Crippen LogP contribution in [0, 0.1) is 17.2 Å². The SMILES string of the molecule is C=Cc1cc(C(=O)Nc2ccc(C(=N)N)cc2)c(-c2ccc(C(=O)NCC3CC3)nc2C(=O)OCCOC(=O)[C@@H](NC(=O)OC(C)(C)C)C(C)C)cc1OC. The number of hydrogen-bond donors (Lipinski definition) is 5. The van der Waals surface area contributed by atoms with Gasteiger partial charge >= 0.3 is 18.0 Å². The van der Waals surface area contributed by atoms with Gasteiger partial charge in [0.15, 0.2) is 5.69 Å². The molecule has 2 aromatic carbocycles. The summed E-state index contributed by atoms with van der Waals surface area (Å²) in [7, 11) is 1.44. The number of carbonyl (C=O) groups is 5. The van der Waals surface area contributed by atoms with Crippen molar-refractivity contribution in [1.82, 2.24) is 15.6 Å². The van der Waals surface area contributed by atoms with Crippen LogP contribution >= 0.6 is 0 Å². The number of amidine groups is 1. The zero-order valence-electron chi connectivity index (χ0n) is 31.9. The summed E-state index contributed by atoms with van der Waals surface area (Å²) in [5, 5.41) is 15.8. The van der Waals surface area contributed by atoms with Crippen LogP contribution in [0.2, 0.25) is 0 Å². The number of nitrogen functional groups attached to an aromatic ring is 1. The Morgan fingerprint density at radius 3 is 2.24 bits per heavy atom. The third kappa shape index (κ3) is 11.6. The van der Waals surface area contributed by atoms with Gasteiger partial charge in [-0.3, -0.25) is 15.0 Å². The van der Waals surface area contributed by atoms with Crippen LogP contribution in [0.5, 0.6) is 5.75 Å². The van der Waals surface area contributed by atoms with Gasteiger partial charge in [-0.1, -0.05) is 26.5 Å². The van der Waals surface area contributed by atoms with E-state index in [1.807, 2.05) is 0 Å². The summed E-state index contributed by atoms with van der Waals surface area (Å²) in [5.74, 6) is -2.53.